The maximum atomic E-state index is 12.6. The summed E-state index contributed by atoms with van der Waals surface area (Å²) in [5.41, 5.74) is 4.40. The van der Waals surface area contributed by atoms with E-state index in [2.05, 4.69) is 4.98 Å². The highest BCUT2D eigenvalue weighted by atomic mass is 32.1. The van der Waals surface area contributed by atoms with Crippen LogP contribution in [0.25, 0.3) is 21.5 Å². The minimum atomic E-state index is -0.462. The van der Waals surface area contributed by atoms with E-state index < -0.39 is 11.6 Å². The van der Waals surface area contributed by atoms with Crippen LogP contribution in [0.15, 0.2) is 44.2 Å². The van der Waals surface area contributed by atoms with Gasteiger partial charge in [-0.15, -0.1) is 11.3 Å². The van der Waals surface area contributed by atoms with E-state index in [9.17, 15) is 9.59 Å². The van der Waals surface area contributed by atoms with Crippen LogP contribution in [0.3, 0.4) is 0 Å². The molecule has 0 unspecified atom stereocenters. The Kier molecular flexibility index (Phi) is 4.87. The van der Waals surface area contributed by atoms with Crippen molar-refractivity contribution in [1.82, 2.24) is 4.98 Å². The lowest BCUT2D eigenvalue weighted by molar-refractivity contribution is 0.0478. The first-order chi connectivity index (χ1) is 13.4. The number of fused-ring (bicyclic) bond motifs is 1. The summed E-state index contributed by atoms with van der Waals surface area (Å²) in [6, 6.07) is 7.12. The van der Waals surface area contributed by atoms with Gasteiger partial charge in [-0.25, -0.2) is 14.6 Å². The number of aryl methyl sites for hydroxylation is 3. The molecule has 0 radical (unpaired) electrons. The van der Waals surface area contributed by atoms with Gasteiger partial charge < -0.3 is 9.15 Å². The van der Waals surface area contributed by atoms with Crippen LogP contribution in [0.5, 0.6) is 0 Å². The molecule has 0 atom stereocenters. The van der Waals surface area contributed by atoms with Crippen molar-refractivity contribution in [2.75, 3.05) is 0 Å². The van der Waals surface area contributed by atoms with Gasteiger partial charge in [0.2, 0.25) is 0 Å². The normalized spacial score (nSPS) is 11.1. The molecule has 28 heavy (non-hydrogen) atoms. The molecule has 0 fully saturated rings. The summed E-state index contributed by atoms with van der Waals surface area (Å²) in [5.74, 6) is -0.443. The Hall–Kier alpha value is -2.77. The zero-order valence-electron chi connectivity index (χ0n) is 15.6. The highest BCUT2D eigenvalue weighted by Crippen LogP contribution is 2.30. The van der Waals surface area contributed by atoms with Crippen LogP contribution in [-0.4, -0.2) is 11.0 Å². The molecule has 3 aromatic heterocycles. The second-order valence-electron chi connectivity index (χ2n) is 6.55. The summed E-state index contributed by atoms with van der Waals surface area (Å²) >= 11 is 2.89. The summed E-state index contributed by atoms with van der Waals surface area (Å²) in [6.45, 7) is 5.73. The van der Waals surface area contributed by atoms with Gasteiger partial charge in [0, 0.05) is 28.0 Å². The van der Waals surface area contributed by atoms with E-state index in [0.717, 1.165) is 27.1 Å². The third-order valence-corrected chi connectivity index (χ3v) is 6.42. The van der Waals surface area contributed by atoms with E-state index in [-0.39, 0.29) is 6.61 Å². The Morgan fingerprint density at radius 3 is 2.71 bits per heavy atom. The van der Waals surface area contributed by atoms with Crippen LogP contribution in [0.4, 0.5) is 0 Å². The zero-order valence-corrected chi connectivity index (χ0v) is 17.2. The van der Waals surface area contributed by atoms with Gasteiger partial charge in [0.25, 0.3) is 0 Å². The fourth-order valence-electron chi connectivity index (χ4n) is 2.91. The van der Waals surface area contributed by atoms with Crippen molar-refractivity contribution >= 4 is 39.6 Å². The molecule has 1 aromatic carbocycles. The molecule has 0 saturated carbocycles. The van der Waals surface area contributed by atoms with Crippen molar-refractivity contribution < 1.29 is 13.9 Å². The lowest BCUT2D eigenvalue weighted by Gasteiger charge is -2.09. The number of carbonyl (C=O) groups excluding carboxylic acids is 1. The quantitative estimate of drug-likeness (QED) is 0.338. The van der Waals surface area contributed by atoms with Gasteiger partial charge in [0.15, 0.2) is 0 Å². The first kappa shape index (κ1) is 18.6. The standard InChI is InChI=1S/C21H17NO4S2/c1-11-6-16-15(8-18(23)26-17(16)7-12(11)2)9-25-21(24)19-13(3)22-20(28-19)14-4-5-27-10-14/h4-8,10H,9H2,1-3H3. The van der Waals surface area contributed by atoms with E-state index in [1.54, 1.807) is 18.3 Å². The first-order valence-corrected chi connectivity index (χ1v) is 10.4. The highest BCUT2D eigenvalue weighted by Gasteiger charge is 2.19. The topological polar surface area (TPSA) is 69.4 Å². The fraction of sp³-hybridized carbons (Fsp3) is 0.190. The number of esters is 1. The van der Waals surface area contributed by atoms with E-state index in [1.165, 1.54) is 17.4 Å². The van der Waals surface area contributed by atoms with Crippen molar-refractivity contribution in [3.8, 4) is 10.6 Å². The van der Waals surface area contributed by atoms with Crippen LogP contribution >= 0.6 is 22.7 Å². The summed E-state index contributed by atoms with van der Waals surface area (Å²) in [7, 11) is 0. The number of hydrogen-bond donors (Lipinski definition) is 0. The smallest absolute Gasteiger partial charge is 0.350 e. The van der Waals surface area contributed by atoms with Crippen molar-refractivity contribution in [2.24, 2.45) is 0 Å². The summed E-state index contributed by atoms with van der Waals surface area (Å²) in [6.07, 6.45) is 0. The monoisotopic (exact) mass is 411 g/mol. The van der Waals surface area contributed by atoms with Crippen molar-refractivity contribution in [3.05, 3.63) is 72.7 Å². The molecule has 0 aliphatic carbocycles. The van der Waals surface area contributed by atoms with E-state index in [4.69, 9.17) is 9.15 Å². The van der Waals surface area contributed by atoms with Crippen LogP contribution in [0.1, 0.15) is 32.1 Å². The van der Waals surface area contributed by atoms with Gasteiger partial charge in [-0.2, -0.15) is 11.3 Å². The maximum absolute atomic E-state index is 12.6. The van der Waals surface area contributed by atoms with Crippen molar-refractivity contribution in [1.29, 1.82) is 0 Å². The first-order valence-electron chi connectivity index (χ1n) is 8.63. The predicted molar refractivity (Wildman–Crippen MR) is 111 cm³/mol. The molecule has 0 saturated heterocycles. The van der Waals surface area contributed by atoms with Crippen LogP contribution in [0, 0.1) is 20.8 Å². The predicted octanol–water partition coefficient (Wildman–Crippen LogP) is 5.26. The molecular formula is C21H17NO4S2. The van der Waals surface area contributed by atoms with Crippen LogP contribution in [0.2, 0.25) is 0 Å². The summed E-state index contributed by atoms with van der Waals surface area (Å²) in [5, 5.41) is 5.53. The third-order valence-electron chi connectivity index (χ3n) is 4.55. The molecule has 0 aliphatic rings. The minimum Gasteiger partial charge on any atom is -0.457 e. The largest absolute Gasteiger partial charge is 0.457 e. The molecule has 4 rings (SSSR count). The molecule has 7 heteroatoms. The van der Waals surface area contributed by atoms with E-state index >= 15 is 0 Å². The molecule has 3 heterocycles. The minimum absolute atomic E-state index is 0.00540. The van der Waals surface area contributed by atoms with Gasteiger partial charge >= 0.3 is 11.6 Å². The number of hydrogen-bond acceptors (Lipinski definition) is 7. The molecule has 5 nitrogen and oxygen atoms in total. The SMILES string of the molecule is Cc1cc2oc(=O)cc(COC(=O)c3sc(-c4ccsc4)nc3C)c2cc1C. The Morgan fingerprint density at radius 1 is 1.18 bits per heavy atom. The lowest BCUT2D eigenvalue weighted by Crippen LogP contribution is -2.08. The van der Waals surface area contributed by atoms with Crippen LogP contribution < -0.4 is 5.63 Å². The summed E-state index contributed by atoms with van der Waals surface area (Å²) in [4.78, 5) is 29.4. The third kappa shape index (κ3) is 3.50. The Balaban J connectivity index is 1.61. The molecule has 0 aliphatic heterocycles. The van der Waals surface area contributed by atoms with Gasteiger partial charge in [-0.05, 0) is 55.5 Å². The zero-order chi connectivity index (χ0) is 19.8. The van der Waals surface area contributed by atoms with Crippen molar-refractivity contribution in [2.45, 2.75) is 27.4 Å². The number of nitrogens with zero attached hydrogens (tertiary/aromatic N) is 1. The Bertz CT molecular complexity index is 1240. The van der Waals surface area contributed by atoms with Gasteiger partial charge in [-0.1, -0.05) is 0 Å². The number of rotatable bonds is 4. The molecule has 4 aromatic rings. The maximum Gasteiger partial charge on any atom is 0.350 e. The van der Waals surface area contributed by atoms with Gasteiger partial charge in [0.1, 0.15) is 22.1 Å². The fourth-order valence-corrected chi connectivity index (χ4v) is 4.58. The van der Waals surface area contributed by atoms with Crippen molar-refractivity contribution in [3.63, 3.8) is 0 Å². The Morgan fingerprint density at radius 2 is 1.96 bits per heavy atom. The molecular weight excluding hydrogens is 394 g/mol. The van der Waals surface area contributed by atoms with Gasteiger partial charge in [0.05, 0.1) is 5.69 Å². The van der Waals surface area contributed by atoms with Crippen LogP contribution in [-0.2, 0) is 11.3 Å². The highest BCUT2D eigenvalue weighted by molar-refractivity contribution is 7.17. The second kappa shape index (κ2) is 7.33. The van der Waals surface area contributed by atoms with E-state index in [0.29, 0.717) is 21.7 Å². The average molecular weight is 412 g/mol. The van der Waals surface area contributed by atoms with Gasteiger partial charge in [-0.3, -0.25) is 0 Å². The number of aromatic nitrogens is 1. The molecule has 0 amide bonds. The number of ether oxygens (including phenoxy) is 1. The second-order valence-corrected chi connectivity index (χ2v) is 8.32. The summed E-state index contributed by atoms with van der Waals surface area (Å²) < 4.78 is 10.8. The molecule has 0 N–H and O–H groups in total. The number of thiophene rings is 1. The molecule has 142 valence electrons. The molecule has 0 bridgehead atoms. The number of carbonyl (C=O) groups is 1. The van der Waals surface area contributed by atoms with E-state index in [1.807, 2.05) is 42.8 Å². The number of benzene rings is 1. The lowest BCUT2D eigenvalue weighted by atomic mass is 10.0. The molecule has 0 spiro atoms. The average Bonchev–Trinajstić information content (AvgIpc) is 3.30. The Labute approximate surface area is 169 Å². The number of thiazole rings is 1.